The maximum atomic E-state index is 10.2. The Morgan fingerprint density at radius 1 is 1.30 bits per heavy atom. The number of nitrogens with zero attached hydrogens (tertiary/aromatic N) is 1. The first kappa shape index (κ1) is 7.59. The van der Waals surface area contributed by atoms with Crippen molar-refractivity contribution in [2.75, 3.05) is 3.15 Å². The number of benzene rings is 1. The predicted octanol–water partition coefficient (Wildman–Crippen LogP) is 0.465. The molecule has 3 heteroatoms. The van der Waals surface area contributed by atoms with Crippen molar-refractivity contribution in [3.63, 3.8) is 0 Å². The van der Waals surface area contributed by atoms with Crippen molar-refractivity contribution in [3.8, 4) is 0 Å². The van der Waals surface area contributed by atoms with Crippen LogP contribution < -0.4 is 3.15 Å². The van der Waals surface area contributed by atoms with Gasteiger partial charge in [0, 0.05) is 0 Å². The molecule has 0 saturated carbocycles. The Morgan fingerprint density at radius 2 is 1.90 bits per heavy atom. The summed E-state index contributed by atoms with van der Waals surface area (Å²) in [6.45, 7) is 0. The molecule has 0 aliphatic carbocycles. The number of rotatable bonds is 2. The molecule has 0 atom stereocenters. The van der Waals surface area contributed by atoms with E-state index in [1.54, 1.807) is 3.15 Å². The van der Waals surface area contributed by atoms with Crippen LogP contribution >= 0.6 is 0 Å². The molecule has 0 radical (unpaired) electrons. The molecule has 0 unspecified atom stereocenters. The summed E-state index contributed by atoms with van der Waals surface area (Å²) >= 11 is 1.37. The zero-order valence-electron chi connectivity index (χ0n) is 5.27. The Labute approximate surface area is 73.1 Å². The van der Waals surface area contributed by atoms with Crippen LogP contribution in [0.3, 0.4) is 0 Å². The van der Waals surface area contributed by atoms with Crippen molar-refractivity contribution >= 4 is 34.7 Å². The molecule has 1 aromatic carbocycles. The Kier molecular flexibility index (Phi) is 2.73. The molecule has 0 bridgehead atoms. The molecule has 1 amide bonds. The average Bonchev–Trinajstić information content (AvgIpc) is 2.05. The summed E-state index contributed by atoms with van der Waals surface area (Å²) < 4.78 is 1.58. The minimum atomic E-state index is 0.809. The van der Waals surface area contributed by atoms with Crippen molar-refractivity contribution in [3.05, 3.63) is 30.3 Å². The van der Waals surface area contributed by atoms with Gasteiger partial charge in [-0.2, -0.15) is 0 Å². The van der Waals surface area contributed by atoms with E-state index in [4.69, 9.17) is 0 Å². The molecule has 0 saturated heterocycles. The van der Waals surface area contributed by atoms with Crippen molar-refractivity contribution in [1.29, 1.82) is 0 Å². The van der Waals surface area contributed by atoms with Gasteiger partial charge < -0.3 is 0 Å². The number of para-hydroxylation sites is 1. The molecular formula is C7H7NOTe. The third-order valence-electron chi connectivity index (χ3n) is 1.12. The SMILES string of the molecule is O=CN([TeH])c1ccccc1. The second-order valence-corrected chi connectivity index (χ2v) is 3.02. The molecule has 52 valence electrons. The van der Waals surface area contributed by atoms with Crippen LogP contribution in [0.15, 0.2) is 30.3 Å². The Balaban J connectivity index is 2.84. The Morgan fingerprint density at radius 3 is 2.40 bits per heavy atom. The number of amides is 1. The average molecular weight is 249 g/mol. The molecule has 1 rings (SSSR count). The van der Waals surface area contributed by atoms with Crippen LogP contribution in [-0.2, 0) is 4.79 Å². The molecule has 0 aromatic heterocycles. The Bertz CT molecular complexity index is 212. The van der Waals surface area contributed by atoms with E-state index in [1.165, 1.54) is 22.6 Å². The molecule has 0 spiro atoms. The van der Waals surface area contributed by atoms with Crippen molar-refractivity contribution in [2.45, 2.75) is 0 Å². The van der Waals surface area contributed by atoms with E-state index in [2.05, 4.69) is 0 Å². The first-order chi connectivity index (χ1) is 4.84. The summed E-state index contributed by atoms with van der Waals surface area (Å²) in [6.07, 6.45) is 0.809. The van der Waals surface area contributed by atoms with Gasteiger partial charge in [0.15, 0.2) is 0 Å². The van der Waals surface area contributed by atoms with Crippen LogP contribution in [0.25, 0.3) is 0 Å². The van der Waals surface area contributed by atoms with Gasteiger partial charge in [-0.1, -0.05) is 0 Å². The summed E-state index contributed by atoms with van der Waals surface area (Å²) in [4.78, 5) is 10.2. The van der Waals surface area contributed by atoms with Gasteiger partial charge in [0.25, 0.3) is 0 Å². The minimum absolute atomic E-state index is 0.809. The molecule has 0 N–H and O–H groups in total. The number of hydrogen-bond donors (Lipinski definition) is 0. The zero-order valence-corrected chi connectivity index (χ0v) is 7.82. The van der Waals surface area contributed by atoms with E-state index >= 15 is 0 Å². The van der Waals surface area contributed by atoms with Crippen molar-refractivity contribution in [2.24, 2.45) is 0 Å². The zero-order chi connectivity index (χ0) is 7.40. The fraction of sp³-hybridized carbons (Fsp3) is 0. The summed E-state index contributed by atoms with van der Waals surface area (Å²) in [5.74, 6) is 0. The molecule has 0 aliphatic heterocycles. The van der Waals surface area contributed by atoms with Crippen LogP contribution in [0.5, 0.6) is 0 Å². The van der Waals surface area contributed by atoms with Gasteiger partial charge in [0.2, 0.25) is 0 Å². The fourth-order valence-electron chi connectivity index (χ4n) is 0.642. The predicted molar refractivity (Wildman–Crippen MR) is 42.1 cm³/mol. The Hall–Kier alpha value is -0.520. The number of anilines is 1. The van der Waals surface area contributed by atoms with Crippen LogP contribution in [-0.4, -0.2) is 29.0 Å². The summed E-state index contributed by atoms with van der Waals surface area (Å²) in [5.41, 5.74) is 0.937. The van der Waals surface area contributed by atoms with E-state index in [0.717, 1.165) is 12.1 Å². The molecule has 0 aliphatic rings. The van der Waals surface area contributed by atoms with Crippen LogP contribution in [0.4, 0.5) is 5.69 Å². The number of hydrogen-bond acceptors (Lipinski definition) is 1. The first-order valence-corrected chi connectivity index (χ1v) is 3.97. The van der Waals surface area contributed by atoms with E-state index < -0.39 is 0 Å². The summed E-state index contributed by atoms with van der Waals surface area (Å²) in [5, 5.41) is 0. The summed E-state index contributed by atoms with van der Waals surface area (Å²) in [7, 11) is 0. The van der Waals surface area contributed by atoms with Crippen LogP contribution in [0, 0.1) is 0 Å². The quantitative estimate of drug-likeness (QED) is 0.550. The molecular weight excluding hydrogens is 242 g/mol. The molecule has 1 aromatic rings. The van der Waals surface area contributed by atoms with Gasteiger partial charge in [-0.05, 0) is 0 Å². The van der Waals surface area contributed by atoms with E-state index in [1.807, 2.05) is 30.3 Å². The number of carbonyl (C=O) groups is 1. The van der Waals surface area contributed by atoms with Gasteiger partial charge in [0.1, 0.15) is 0 Å². The maximum absolute atomic E-state index is 10.2. The fourth-order valence-corrected chi connectivity index (χ4v) is 1.02. The van der Waals surface area contributed by atoms with E-state index in [0.29, 0.717) is 0 Å². The number of carbonyl (C=O) groups excluding carboxylic acids is 1. The first-order valence-electron chi connectivity index (χ1n) is 2.83. The molecule has 10 heavy (non-hydrogen) atoms. The van der Waals surface area contributed by atoms with Crippen LogP contribution in [0.1, 0.15) is 0 Å². The van der Waals surface area contributed by atoms with E-state index in [9.17, 15) is 4.79 Å². The van der Waals surface area contributed by atoms with Gasteiger partial charge in [-0.25, -0.2) is 0 Å². The second kappa shape index (κ2) is 3.60. The third-order valence-corrected chi connectivity index (χ3v) is 2.05. The standard InChI is InChI=1S/C7H7NOTe/c9-6-8(10)7-4-2-1-3-5-7/h1-6,10H. The normalized spacial score (nSPS) is 8.90. The van der Waals surface area contributed by atoms with Gasteiger partial charge in [-0.3, -0.25) is 0 Å². The summed E-state index contributed by atoms with van der Waals surface area (Å²) in [6, 6.07) is 9.53. The van der Waals surface area contributed by atoms with Crippen molar-refractivity contribution < 1.29 is 4.79 Å². The van der Waals surface area contributed by atoms with Gasteiger partial charge in [0.05, 0.1) is 0 Å². The second-order valence-electron chi connectivity index (χ2n) is 1.79. The third kappa shape index (κ3) is 1.73. The van der Waals surface area contributed by atoms with Crippen molar-refractivity contribution in [1.82, 2.24) is 0 Å². The molecule has 0 heterocycles. The van der Waals surface area contributed by atoms with E-state index in [-0.39, 0.29) is 0 Å². The molecule has 2 nitrogen and oxygen atoms in total. The molecule has 0 fully saturated rings. The topological polar surface area (TPSA) is 20.3 Å². The monoisotopic (exact) mass is 251 g/mol. The van der Waals surface area contributed by atoms with Crippen LogP contribution in [0.2, 0.25) is 0 Å². The van der Waals surface area contributed by atoms with Gasteiger partial charge >= 0.3 is 72.9 Å². The van der Waals surface area contributed by atoms with Gasteiger partial charge in [-0.15, -0.1) is 0 Å².